The van der Waals surface area contributed by atoms with Crippen molar-refractivity contribution in [2.45, 2.75) is 37.3 Å². The van der Waals surface area contributed by atoms with Gasteiger partial charge in [0.05, 0.1) is 0 Å². The average molecular weight is 431 g/mol. The zero-order valence-electron chi connectivity index (χ0n) is 14.6. The summed E-state index contributed by atoms with van der Waals surface area (Å²) in [5, 5.41) is 0.712. The topological polar surface area (TPSA) is 77.6 Å². The van der Waals surface area contributed by atoms with E-state index in [1.54, 1.807) is 0 Å². The van der Waals surface area contributed by atoms with E-state index in [1.165, 1.54) is 11.4 Å². The molecule has 2 heterocycles. The van der Waals surface area contributed by atoms with Crippen molar-refractivity contribution in [1.82, 2.24) is 4.98 Å². The number of ketones is 1. The largest absolute Gasteiger partial charge is 0.462 e. The molecule has 29 heavy (non-hydrogen) atoms. The van der Waals surface area contributed by atoms with Crippen LogP contribution in [0.2, 0.25) is 0 Å². The molecule has 1 fully saturated rings. The minimum Gasteiger partial charge on any atom is -0.462 e. The predicted octanol–water partition coefficient (Wildman–Crippen LogP) is 3.84. The van der Waals surface area contributed by atoms with Gasteiger partial charge in [-0.15, -0.1) is 11.3 Å². The number of Topliss-reactive ketones (excluding diaryl/α,β-unsaturated/α-hetero) is 1. The summed E-state index contributed by atoms with van der Waals surface area (Å²) in [7, 11) is 0. The van der Waals surface area contributed by atoms with Crippen LogP contribution in [0.5, 0.6) is 0 Å². The number of aromatic nitrogens is 1. The number of rotatable bonds is 6. The number of aliphatic imine (C=N–C) groups is 1. The Balaban J connectivity index is 1.67. The van der Waals surface area contributed by atoms with E-state index >= 15 is 0 Å². The highest BCUT2D eigenvalue weighted by atomic mass is 32.1. The molecular formula is C18H14F5N3O2S. The van der Waals surface area contributed by atoms with E-state index in [4.69, 9.17) is 10.5 Å². The summed E-state index contributed by atoms with van der Waals surface area (Å²) in [6.07, 6.45) is -6.47. The maximum atomic E-state index is 14.6. The summed E-state index contributed by atoms with van der Waals surface area (Å²) in [5.41, 5.74) is 3.03. The molecule has 0 unspecified atom stereocenters. The highest BCUT2D eigenvalue weighted by Gasteiger charge is 2.64. The number of hydrogen-bond acceptors (Lipinski definition) is 6. The van der Waals surface area contributed by atoms with Crippen LogP contribution in [-0.2, 0) is 16.7 Å². The van der Waals surface area contributed by atoms with Gasteiger partial charge in [0.15, 0.2) is 16.3 Å². The molecule has 1 aromatic carbocycles. The van der Waals surface area contributed by atoms with E-state index in [2.05, 4.69) is 9.98 Å². The summed E-state index contributed by atoms with van der Waals surface area (Å²) in [6, 6.07) is 2.96. The molecule has 1 aromatic heterocycles. The maximum absolute atomic E-state index is 14.6. The van der Waals surface area contributed by atoms with Crippen molar-refractivity contribution in [3.05, 3.63) is 51.2 Å². The van der Waals surface area contributed by atoms with Gasteiger partial charge in [0.2, 0.25) is 0 Å². The number of ether oxygens (including phenoxy) is 1. The number of amidine groups is 1. The van der Waals surface area contributed by atoms with Gasteiger partial charge in [-0.25, -0.2) is 31.9 Å². The number of nitrogens with two attached hydrogens (primary N) is 1. The number of alkyl halides is 4. The molecule has 1 aliphatic heterocycles. The van der Waals surface area contributed by atoms with Crippen molar-refractivity contribution in [3.8, 4) is 0 Å². The molecule has 5 nitrogen and oxygen atoms in total. The van der Waals surface area contributed by atoms with Crippen molar-refractivity contribution < 1.29 is 31.5 Å². The quantitative estimate of drug-likeness (QED) is 0.557. The minimum absolute atomic E-state index is 0.157. The molecule has 0 amide bonds. The average Bonchev–Trinajstić information content (AvgIpc) is 3.25. The molecule has 1 saturated carbocycles. The van der Waals surface area contributed by atoms with Crippen molar-refractivity contribution >= 4 is 23.1 Å². The summed E-state index contributed by atoms with van der Waals surface area (Å²) in [6.45, 7) is 0. The molecular weight excluding hydrogens is 417 g/mol. The number of carbonyl (C=O) groups is 1. The fraction of sp³-hybridized carbons (Fsp3) is 0.389. The number of halogens is 5. The minimum atomic E-state index is -3.05. The third-order valence-electron chi connectivity index (χ3n) is 5.02. The molecule has 2 N–H and O–H groups in total. The lowest BCUT2D eigenvalue weighted by atomic mass is 9.83. The summed E-state index contributed by atoms with van der Waals surface area (Å²) in [4.78, 5) is 19.7. The van der Waals surface area contributed by atoms with Gasteiger partial charge in [-0.05, 0) is 24.1 Å². The lowest BCUT2D eigenvalue weighted by Gasteiger charge is -2.33. The second-order valence-corrected chi connectivity index (χ2v) is 7.75. The van der Waals surface area contributed by atoms with Crippen molar-refractivity contribution in [2.75, 3.05) is 0 Å². The molecule has 0 bridgehead atoms. The Morgan fingerprint density at radius 1 is 1.34 bits per heavy atom. The Labute approximate surface area is 165 Å². The van der Waals surface area contributed by atoms with E-state index in [1.807, 2.05) is 0 Å². The molecule has 0 saturated heterocycles. The van der Waals surface area contributed by atoms with Gasteiger partial charge in [-0.1, -0.05) is 6.07 Å². The van der Waals surface area contributed by atoms with Gasteiger partial charge < -0.3 is 10.5 Å². The Morgan fingerprint density at radius 2 is 2.10 bits per heavy atom. The predicted molar refractivity (Wildman–Crippen MR) is 93.8 cm³/mol. The van der Waals surface area contributed by atoms with E-state index in [0.717, 1.165) is 12.1 Å². The third-order valence-corrected chi connectivity index (χ3v) is 5.87. The summed E-state index contributed by atoms with van der Waals surface area (Å²) < 4.78 is 73.2. The molecule has 2 aromatic rings. The number of thiazole rings is 1. The number of carbonyl (C=O) groups excluding carboxylic acids is 1. The lowest BCUT2D eigenvalue weighted by Crippen LogP contribution is -2.43. The van der Waals surface area contributed by atoms with Gasteiger partial charge in [0.25, 0.3) is 18.9 Å². The number of nitrogens with zero attached hydrogens (tertiary/aromatic N) is 2. The molecule has 2 aliphatic rings. The van der Waals surface area contributed by atoms with Crippen LogP contribution in [-0.4, -0.2) is 29.3 Å². The SMILES string of the molecule is NC1=N[C@@](c2cc(CC(=O)c3csc(C(F)F)n3)ccc2F)(C(F)F)[C@H]2C[C@H]2O1. The van der Waals surface area contributed by atoms with Crippen molar-refractivity contribution in [1.29, 1.82) is 0 Å². The molecule has 0 spiro atoms. The zero-order valence-corrected chi connectivity index (χ0v) is 15.4. The maximum Gasteiger partial charge on any atom is 0.289 e. The molecule has 1 aliphatic carbocycles. The first-order valence-corrected chi connectivity index (χ1v) is 9.46. The monoisotopic (exact) mass is 431 g/mol. The first-order valence-electron chi connectivity index (χ1n) is 8.58. The van der Waals surface area contributed by atoms with E-state index < -0.39 is 53.0 Å². The van der Waals surface area contributed by atoms with Gasteiger partial charge in [0, 0.05) is 23.3 Å². The zero-order chi connectivity index (χ0) is 20.9. The van der Waals surface area contributed by atoms with Crippen LogP contribution in [0.1, 0.15) is 39.5 Å². The molecule has 3 atom stereocenters. The molecule has 11 heteroatoms. The van der Waals surface area contributed by atoms with Gasteiger partial charge in [-0.3, -0.25) is 4.79 Å². The summed E-state index contributed by atoms with van der Waals surface area (Å²) in [5.74, 6) is -2.22. The second kappa shape index (κ2) is 7.05. The number of fused-ring (bicyclic) bond motifs is 1. The normalized spacial score (nSPS) is 25.6. The fourth-order valence-electron chi connectivity index (χ4n) is 3.58. The Morgan fingerprint density at radius 3 is 2.76 bits per heavy atom. The van der Waals surface area contributed by atoms with Crippen LogP contribution >= 0.6 is 11.3 Å². The van der Waals surface area contributed by atoms with Gasteiger partial charge in [0.1, 0.15) is 17.6 Å². The van der Waals surface area contributed by atoms with Crippen LogP contribution in [0.4, 0.5) is 22.0 Å². The summed E-state index contributed by atoms with van der Waals surface area (Å²) >= 11 is 0.647. The Hall–Kier alpha value is -2.56. The number of benzene rings is 1. The standard InChI is InChI=1S/C18H14F5N3O2S/c19-10-2-1-7(4-12(27)11-6-29-15(25-11)14(20)21)3-8(10)18(16(22)23)9-5-13(9)28-17(24)26-18/h1-3,6,9,13-14,16H,4-5H2,(H2,24,26)/t9-,13+,18+/m0/s1. The van der Waals surface area contributed by atoms with Crippen LogP contribution in [0.25, 0.3) is 0 Å². The Bertz CT molecular complexity index is 996. The van der Waals surface area contributed by atoms with Crippen LogP contribution in [0.3, 0.4) is 0 Å². The van der Waals surface area contributed by atoms with Crippen molar-refractivity contribution in [3.63, 3.8) is 0 Å². The number of hydrogen-bond donors (Lipinski definition) is 1. The second-order valence-electron chi connectivity index (χ2n) is 6.86. The van der Waals surface area contributed by atoms with E-state index in [-0.39, 0.29) is 29.7 Å². The third kappa shape index (κ3) is 3.37. The van der Waals surface area contributed by atoms with Crippen molar-refractivity contribution in [2.24, 2.45) is 16.6 Å². The fourth-order valence-corrected chi connectivity index (χ4v) is 4.25. The first-order chi connectivity index (χ1) is 13.7. The smallest absolute Gasteiger partial charge is 0.289 e. The van der Waals surface area contributed by atoms with Crippen LogP contribution in [0.15, 0.2) is 28.6 Å². The lowest BCUT2D eigenvalue weighted by molar-refractivity contribution is 0.0176. The van der Waals surface area contributed by atoms with Crippen LogP contribution in [0, 0.1) is 11.7 Å². The van der Waals surface area contributed by atoms with E-state index in [9.17, 15) is 26.7 Å². The highest BCUT2D eigenvalue weighted by molar-refractivity contribution is 7.09. The van der Waals surface area contributed by atoms with Gasteiger partial charge in [-0.2, -0.15) is 0 Å². The molecule has 154 valence electrons. The highest BCUT2D eigenvalue weighted by Crippen LogP contribution is 2.56. The molecule has 0 radical (unpaired) electrons. The van der Waals surface area contributed by atoms with Gasteiger partial charge >= 0.3 is 0 Å². The Kier molecular flexibility index (Phi) is 4.80. The first kappa shape index (κ1) is 19.7. The van der Waals surface area contributed by atoms with Crippen LogP contribution < -0.4 is 5.73 Å². The van der Waals surface area contributed by atoms with E-state index in [0.29, 0.717) is 11.3 Å². The molecule has 4 rings (SSSR count).